The summed E-state index contributed by atoms with van der Waals surface area (Å²) in [5.41, 5.74) is 0.763. The molecule has 2 rings (SSSR count). The van der Waals surface area contributed by atoms with Gasteiger partial charge < -0.3 is 10.1 Å². The number of pyridine rings is 1. The van der Waals surface area contributed by atoms with Crippen LogP contribution in [0.2, 0.25) is 0 Å². The molecular formula is C15H17N3O3. The molecule has 0 amide bonds. The van der Waals surface area contributed by atoms with E-state index in [1.165, 1.54) is 12.3 Å². The van der Waals surface area contributed by atoms with Crippen molar-refractivity contribution in [3.05, 3.63) is 58.3 Å². The highest BCUT2D eigenvalue weighted by atomic mass is 16.6. The van der Waals surface area contributed by atoms with Crippen molar-refractivity contribution in [1.29, 1.82) is 0 Å². The number of nitrogens with zero attached hydrogens (tertiary/aromatic N) is 2. The highest BCUT2D eigenvalue weighted by Gasteiger charge is 2.08. The molecule has 0 atom stereocenters. The van der Waals surface area contributed by atoms with Gasteiger partial charge in [0.1, 0.15) is 17.8 Å². The van der Waals surface area contributed by atoms with Gasteiger partial charge in [-0.25, -0.2) is 4.98 Å². The van der Waals surface area contributed by atoms with Crippen LogP contribution in [-0.2, 0) is 0 Å². The Morgan fingerprint density at radius 2 is 2.10 bits per heavy atom. The predicted molar refractivity (Wildman–Crippen MR) is 80.7 cm³/mol. The number of aryl methyl sites for hydroxylation is 1. The average molecular weight is 287 g/mol. The molecule has 0 bridgehead atoms. The number of rotatable bonds is 7. The van der Waals surface area contributed by atoms with E-state index < -0.39 is 4.92 Å². The van der Waals surface area contributed by atoms with E-state index in [0.29, 0.717) is 19.0 Å². The van der Waals surface area contributed by atoms with Gasteiger partial charge in [0.15, 0.2) is 0 Å². The molecule has 21 heavy (non-hydrogen) atoms. The Labute approximate surface area is 122 Å². The van der Waals surface area contributed by atoms with Gasteiger partial charge in [-0.05, 0) is 31.0 Å². The minimum atomic E-state index is -0.447. The van der Waals surface area contributed by atoms with E-state index in [-0.39, 0.29) is 5.69 Å². The zero-order valence-corrected chi connectivity index (χ0v) is 11.8. The van der Waals surface area contributed by atoms with Crippen LogP contribution >= 0.6 is 0 Å². The summed E-state index contributed by atoms with van der Waals surface area (Å²) in [4.78, 5) is 14.2. The summed E-state index contributed by atoms with van der Waals surface area (Å²) >= 11 is 0. The van der Waals surface area contributed by atoms with Crippen molar-refractivity contribution in [2.45, 2.75) is 13.3 Å². The third-order valence-electron chi connectivity index (χ3n) is 2.90. The number of benzene rings is 1. The summed E-state index contributed by atoms with van der Waals surface area (Å²) in [5.74, 6) is 1.52. The van der Waals surface area contributed by atoms with E-state index in [1.807, 2.05) is 30.3 Å². The van der Waals surface area contributed by atoms with Crippen molar-refractivity contribution in [2.75, 3.05) is 18.5 Å². The predicted octanol–water partition coefficient (Wildman–Crippen LogP) is 3.18. The molecule has 0 saturated carbocycles. The SMILES string of the molecule is Cc1cc([N+](=O)[O-])cnc1NCCCOc1ccccc1. The molecule has 0 aliphatic rings. The Hall–Kier alpha value is -2.63. The molecule has 0 aliphatic heterocycles. The monoisotopic (exact) mass is 287 g/mol. The Morgan fingerprint density at radius 1 is 1.33 bits per heavy atom. The van der Waals surface area contributed by atoms with Crippen molar-refractivity contribution in [1.82, 2.24) is 4.98 Å². The average Bonchev–Trinajstić information content (AvgIpc) is 2.49. The maximum atomic E-state index is 10.6. The lowest BCUT2D eigenvalue weighted by Gasteiger charge is -2.09. The molecular weight excluding hydrogens is 270 g/mol. The number of para-hydroxylation sites is 1. The van der Waals surface area contributed by atoms with Gasteiger partial charge in [0.2, 0.25) is 0 Å². The quantitative estimate of drug-likeness (QED) is 0.481. The number of nitrogens with one attached hydrogen (secondary N) is 1. The van der Waals surface area contributed by atoms with E-state index >= 15 is 0 Å². The number of nitro groups is 1. The lowest BCUT2D eigenvalue weighted by atomic mass is 10.2. The number of aromatic nitrogens is 1. The molecule has 1 aromatic heterocycles. The van der Waals surface area contributed by atoms with E-state index in [2.05, 4.69) is 10.3 Å². The second-order valence-corrected chi connectivity index (χ2v) is 4.56. The Morgan fingerprint density at radius 3 is 2.76 bits per heavy atom. The number of hydrogen-bond acceptors (Lipinski definition) is 5. The maximum Gasteiger partial charge on any atom is 0.287 e. The smallest absolute Gasteiger partial charge is 0.287 e. The van der Waals surface area contributed by atoms with Gasteiger partial charge >= 0.3 is 0 Å². The van der Waals surface area contributed by atoms with Crippen LogP contribution in [0.3, 0.4) is 0 Å². The Kier molecular flexibility index (Phi) is 5.09. The molecule has 0 radical (unpaired) electrons. The molecule has 2 aromatic rings. The van der Waals surface area contributed by atoms with Crippen LogP contribution < -0.4 is 10.1 Å². The van der Waals surface area contributed by atoms with Crippen molar-refractivity contribution in [3.8, 4) is 5.75 Å². The van der Waals surface area contributed by atoms with Crippen LogP contribution in [0.4, 0.5) is 11.5 Å². The van der Waals surface area contributed by atoms with Crippen molar-refractivity contribution < 1.29 is 9.66 Å². The van der Waals surface area contributed by atoms with E-state index in [4.69, 9.17) is 4.74 Å². The Bertz CT molecular complexity index is 602. The van der Waals surface area contributed by atoms with E-state index in [0.717, 1.165) is 17.7 Å². The number of ether oxygens (including phenoxy) is 1. The summed E-state index contributed by atoms with van der Waals surface area (Å²) < 4.78 is 5.58. The van der Waals surface area contributed by atoms with Gasteiger partial charge in [-0.2, -0.15) is 0 Å². The highest BCUT2D eigenvalue weighted by Crippen LogP contribution is 2.17. The van der Waals surface area contributed by atoms with Crippen LogP contribution in [-0.4, -0.2) is 23.1 Å². The van der Waals surface area contributed by atoms with Crippen LogP contribution in [0, 0.1) is 17.0 Å². The first kappa shape index (κ1) is 14.8. The van der Waals surface area contributed by atoms with Gasteiger partial charge in [-0.15, -0.1) is 0 Å². The van der Waals surface area contributed by atoms with Crippen LogP contribution in [0.1, 0.15) is 12.0 Å². The van der Waals surface area contributed by atoms with Crippen LogP contribution in [0.15, 0.2) is 42.6 Å². The summed E-state index contributed by atoms with van der Waals surface area (Å²) in [6.07, 6.45) is 2.07. The van der Waals surface area contributed by atoms with Crippen molar-refractivity contribution >= 4 is 11.5 Å². The molecule has 6 nitrogen and oxygen atoms in total. The fourth-order valence-corrected chi connectivity index (χ4v) is 1.83. The minimum Gasteiger partial charge on any atom is -0.494 e. The summed E-state index contributed by atoms with van der Waals surface area (Å²) in [7, 11) is 0. The van der Waals surface area contributed by atoms with Gasteiger partial charge in [0, 0.05) is 12.6 Å². The second kappa shape index (κ2) is 7.23. The van der Waals surface area contributed by atoms with Gasteiger partial charge in [-0.3, -0.25) is 10.1 Å². The van der Waals surface area contributed by atoms with Crippen LogP contribution in [0.5, 0.6) is 5.75 Å². The summed E-state index contributed by atoms with van der Waals surface area (Å²) in [6.45, 7) is 3.09. The first-order valence-corrected chi connectivity index (χ1v) is 6.69. The van der Waals surface area contributed by atoms with E-state index in [1.54, 1.807) is 6.92 Å². The second-order valence-electron chi connectivity index (χ2n) is 4.56. The van der Waals surface area contributed by atoms with Crippen LogP contribution in [0.25, 0.3) is 0 Å². The molecule has 1 heterocycles. The lowest BCUT2D eigenvalue weighted by Crippen LogP contribution is -2.09. The van der Waals surface area contributed by atoms with Crippen molar-refractivity contribution in [3.63, 3.8) is 0 Å². The summed E-state index contributed by atoms with van der Waals surface area (Å²) in [6, 6.07) is 11.1. The third kappa shape index (κ3) is 4.45. The zero-order valence-electron chi connectivity index (χ0n) is 11.8. The first-order chi connectivity index (χ1) is 10.2. The molecule has 0 spiro atoms. The maximum absolute atomic E-state index is 10.6. The third-order valence-corrected chi connectivity index (χ3v) is 2.90. The highest BCUT2D eigenvalue weighted by molar-refractivity contribution is 5.48. The molecule has 0 unspecified atom stereocenters. The fourth-order valence-electron chi connectivity index (χ4n) is 1.83. The molecule has 0 aliphatic carbocycles. The topological polar surface area (TPSA) is 77.3 Å². The normalized spacial score (nSPS) is 10.1. The molecule has 110 valence electrons. The summed E-state index contributed by atoms with van der Waals surface area (Å²) in [5, 5.41) is 13.8. The van der Waals surface area contributed by atoms with Gasteiger partial charge in [0.25, 0.3) is 5.69 Å². The van der Waals surface area contributed by atoms with Gasteiger partial charge in [0.05, 0.1) is 11.5 Å². The first-order valence-electron chi connectivity index (χ1n) is 6.69. The molecule has 6 heteroatoms. The van der Waals surface area contributed by atoms with E-state index in [9.17, 15) is 10.1 Å². The Balaban J connectivity index is 1.75. The zero-order chi connectivity index (χ0) is 15.1. The van der Waals surface area contributed by atoms with Gasteiger partial charge in [-0.1, -0.05) is 18.2 Å². The fraction of sp³-hybridized carbons (Fsp3) is 0.267. The number of hydrogen-bond donors (Lipinski definition) is 1. The lowest BCUT2D eigenvalue weighted by molar-refractivity contribution is -0.385. The molecule has 0 fully saturated rings. The molecule has 1 N–H and O–H groups in total. The minimum absolute atomic E-state index is 0.00506. The molecule has 1 aromatic carbocycles. The van der Waals surface area contributed by atoms with Crippen molar-refractivity contribution in [2.24, 2.45) is 0 Å². The molecule has 0 saturated heterocycles. The standard InChI is InChI=1S/C15H17N3O3/c1-12-10-13(18(19)20)11-17-15(12)16-8-5-9-21-14-6-3-2-4-7-14/h2-4,6-7,10-11H,5,8-9H2,1H3,(H,16,17). The number of anilines is 1. The largest absolute Gasteiger partial charge is 0.494 e.